The minimum atomic E-state index is 0.191. The quantitative estimate of drug-likeness (QED) is 0.554. The van der Waals surface area contributed by atoms with Crippen LogP contribution in [0.2, 0.25) is 0 Å². The molecular weight excluding hydrogens is 202 g/mol. The molecule has 0 aromatic rings. The van der Waals surface area contributed by atoms with Gasteiger partial charge in [-0.15, -0.1) is 0 Å². The lowest BCUT2D eigenvalue weighted by atomic mass is 10.1. The number of methoxy groups -OCH3 is 1. The summed E-state index contributed by atoms with van der Waals surface area (Å²) in [6, 6.07) is 0. The summed E-state index contributed by atoms with van der Waals surface area (Å²) >= 11 is 0. The Bertz CT molecular complexity index is 142. The van der Waals surface area contributed by atoms with E-state index in [9.17, 15) is 0 Å². The van der Waals surface area contributed by atoms with Crippen molar-refractivity contribution in [1.82, 2.24) is 5.32 Å². The number of hydrogen-bond donors (Lipinski definition) is 1. The lowest BCUT2D eigenvalue weighted by Gasteiger charge is -2.20. The van der Waals surface area contributed by atoms with Crippen LogP contribution in [0.4, 0.5) is 0 Å². The van der Waals surface area contributed by atoms with Crippen LogP contribution in [-0.4, -0.2) is 39.5 Å². The molecule has 0 aliphatic heterocycles. The topological polar surface area (TPSA) is 30.5 Å². The largest absolute Gasteiger partial charge is 0.382 e. The molecule has 1 N–H and O–H groups in total. The van der Waals surface area contributed by atoms with Gasteiger partial charge in [-0.05, 0) is 25.3 Å². The minimum absolute atomic E-state index is 0.191. The van der Waals surface area contributed by atoms with Gasteiger partial charge in [0.15, 0.2) is 0 Å². The average Bonchev–Trinajstić information content (AvgIpc) is 2.26. The third kappa shape index (κ3) is 9.13. The maximum Gasteiger partial charge on any atom is 0.0932 e. The number of hydrogen-bond acceptors (Lipinski definition) is 3. The van der Waals surface area contributed by atoms with E-state index in [4.69, 9.17) is 9.47 Å². The first kappa shape index (κ1) is 15.9. The molecule has 3 nitrogen and oxygen atoms in total. The van der Waals surface area contributed by atoms with Gasteiger partial charge < -0.3 is 14.8 Å². The fraction of sp³-hybridized carbons (Fsp3) is 1.00. The van der Waals surface area contributed by atoms with Gasteiger partial charge in [0, 0.05) is 20.3 Å². The molecule has 0 rings (SSSR count). The van der Waals surface area contributed by atoms with Crippen LogP contribution in [0.15, 0.2) is 0 Å². The van der Waals surface area contributed by atoms with E-state index in [1.165, 1.54) is 12.8 Å². The summed E-state index contributed by atoms with van der Waals surface area (Å²) < 4.78 is 11.0. The standard InChI is InChI=1S/C13H29NO2/c1-5-7-12(3)10-16-13(11-15-4)9-14-8-6-2/h12-14H,5-11H2,1-4H3. The first-order valence-electron chi connectivity index (χ1n) is 6.55. The smallest absolute Gasteiger partial charge is 0.0932 e. The molecule has 0 radical (unpaired) electrons. The number of ether oxygens (including phenoxy) is 2. The van der Waals surface area contributed by atoms with Crippen molar-refractivity contribution >= 4 is 0 Å². The lowest BCUT2D eigenvalue weighted by molar-refractivity contribution is -0.0147. The molecule has 0 aromatic heterocycles. The molecule has 98 valence electrons. The molecule has 0 bridgehead atoms. The fourth-order valence-corrected chi connectivity index (χ4v) is 1.67. The van der Waals surface area contributed by atoms with E-state index in [2.05, 4.69) is 26.1 Å². The Morgan fingerprint density at radius 1 is 1.12 bits per heavy atom. The Morgan fingerprint density at radius 2 is 1.88 bits per heavy atom. The van der Waals surface area contributed by atoms with E-state index in [0.717, 1.165) is 26.1 Å². The van der Waals surface area contributed by atoms with Crippen molar-refractivity contribution in [2.75, 3.05) is 33.4 Å². The summed E-state index contributed by atoms with van der Waals surface area (Å²) in [6.07, 6.45) is 3.82. The summed E-state index contributed by atoms with van der Waals surface area (Å²) in [6.45, 7) is 10.1. The zero-order valence-electron chi connectivity index (χ0n) is 11.4. The van der Waals surface area contributed by atoms with Gasteiger partial charge in [0.05, 0.1) is 12.7 Å². The molecule has 0 aliphatic rings. The third-order valence-corrected chi connectivity index (χ3v) is 2.55. The maximum absolute atomic E-state index is 5.86. The van der Waals surface area contributed by atoms with Gasteiger partial charge in [-0.1, -0.05) is 27.2 Å². The van der Waals surface area contributed by atoms with E-state index >= 15 is 0 Å². The summed E-state index contributed by atoms with van der Waals surface area (Å²) in [7, 11) is 1.73. The highest BCUT2D eigenvalue weighted by Gasteiger charge is 2.10. The van der Waals surface area contributed by atoms with Crippen LogP contribution in [0, 0.1) is 5.92 Å². The van der Waals surface area contributed by atoms with Crippen molar-refractivity contribution in [3.8, 4) is 0 Å². The number of rotatable bonds is 11. The van der Waals surface area contributed by atoms with E-state index in [-0.39, 0.29) is 6.10 Å². The fourth-order valence-electron chi connectivity index (χ4n) is 1.67. The molecule has 0 aromatic carbocycles. The van der Waals surface area contributed by atoms with Crippen LogP contribution >= 0.6 is 0 Å². The van der Waals surface area contributed by atoms with Gasteiger partial charge in [-0.2, -0.15) is 0 Å². The minimum Gasteiger partial charge on any atom is -0.382 e. The maximum atomic E-state index is 5.86. The molecule has 2 unspecified atom stereocenters. The van der Waals surface area contributed by atoms with Gasteiger partial charge >= 0.3 is 0 Å². The molecular formula is C13H29NO2. The molecule has 16 heavy (non-hydrogen) atoms. The van der Waals surface area contributed by atoms with Crippen molar-refractivity contribution in [2.24, 2.45) is 5.92 Å². The van der Waals surface area contributed by atoms with Gasteiger partial charge in [0.2, 0.25) is 0 Å². The highest BCUT2D eigenvalue weighted by Crippen LogP contribution is 2.06. The molecule has 0 saturated heterocycles. The molecule has 0 spiro atoms. The Balaban J connectivity index is 3.65. The van der Waals surface area contributed by atoms with Crippen molar-refractivity contribution < 1.29 is 9.47 Å². The van der Waals surface area contributed by atoms with Gasteiger partial charge in [-0.3, -0.25) is 0 Å². The van der Waals surface area contributed by atoms with E-state index in [1.54, 1.807) is 7.11 Å². The normalized spacial score (nSPS) is 15.0. The Hall–Kier alpha value is -0.120. The summed E-state index contributed by atoms with van der Waals surface area (Å²) in [5.41, 5.74) is 0. The molecule has 2 atom stereocenters. The zero-order chi connectivity index (χ0) is 12.2. The molecule has 0 fully saturated rings. The van der Waals surface area contributed by atoms with Crippen LogP contribution < -0.4 is 5.32 Å². The van der Waals surface area contributed by atoms with Gasteiger partial charge in [0.25, 0.3) is 0 Å². The molecule has 0 amide bonds. The van der Waals surface area contributed by atoms with Crippen LogP contribution in [0.5, 0.6) is 0 Å². The lowest BCUT2D eigenvalue weighted by Crippen LogP contribution is -2.34. The predicted octanol–water partition coefficient (Wildman–Crippen LogP) is 2.45. The Labute approximate surface area is 101 Å². The van der Waals surface area contributed by atoms with Crippen LogP contribution in [0.3, 0.4) is 0 Å². The van der Waals surface area contributed by atoms with Crippen LogP contribution in [0.25, 0.3) is 0 Å². The molecule has 0 heterocycles. The first-order valence-corrected chi connectivity index (χ1v) is 6.55. The Morgan fingerprint density at radius 3 is 2.44 bits per heavy atom. The molecule has 0 aliphatic carbocycles. The van der Waals surface area contributed by atoms with Gasteiger partial charge in [-0.25, -0.2) is 0 Å². The summed E-state index contributed by atoms with van der Waals surface area (Å²) in [5, 5.41) is 3.37. The summed E-state index contributed by atoms with van der Waals surface area (Å²) in [5.74, 6) is 0.649. The second-order valence-corrected chi connectivity index (χ2v) is 4.51. The monoisotopic (exact) mass is 231 g/mol. The van der Waals surface area contributed by atoms with E-state index in [0.29, 0.717) is 12.5 Å². The predicted molar refractivity (Wildman–Crippen MR) is 68.8 cm³/mol. The second kappa shape index (κ2) is 11.4. The second-order valence-electron chi connectivity index (χ2n) is 4.51. The van der Waals surface area contributed by atoms with E-state index in [1.807, 2.05) is 0 Å². The van der Waals surface area contributed by atoms with Crippen molar-refractivity contribution in [3.63, 3.8) is 0 Å². The SMILES string of the molecule is CCCNCC(COC)OCC(C)CCC. The Kier molecular flexibility index (Phi) is 11.3. The number of nitrogens with one attached hydrogen (secondary N) is 1. The summed E-state index contributed by atoms with van der Waals surface area (Å²) in [4.78, 5) is 0. The first-order chi connectivity index (χ1) is 7.74. The average molecular weight is 231 g/mol. The van der Waals surface area contributed by atoms with Crippen LogP contribution in [0.1, 0.15) is 40.0 Å². The molecule has 0 saturated carbocycles. The van der Waals surface area contributed by atoms with Crippen LogP contribution in [-0.2, 0) is 9.47 Å². The van der Waals surface area contributed by atoms with E-state index < -0.39 is 0 Å². The van der Waals surface area contributed by atoms with Crippen molar-refractivity contribution in [2.45, 2.75) is 46.1 Å². The molecule has 3 heteroatoms. The van der Waals surface area contributed by atoms with Gasteiger partial charge in [0.1, 0.15) is 0 Å². The zero-order valence-corrected chi connectivity index (χ0v) is 11.4. The van der Waals surface area contributed by atoms with Crippen molar-refractivity contribution in [3.05, 3.63) is 0 Å². The van der Waals surface area contributed by atoms with Crippen molar-refractivity contribution in [1.29, 1.82) is 0 Å². The third-order valence-electron chi connectivity index (χ3n) is 2.55. The highest BCUT2D eigenvalue weighted by atomic mass is 16.5. The highest BCUT2D eigenvalue weighted by molar-refractivity contribution is 4.62.